The summed E-state index contributed by atoms with van der Waals surface area (Å²) in [7, 11) is 0. The molecule has 1 unspecified atom stereocenters. The van der Waals surface area contributed by atoms with Crippen molar-refractivity contribution in [2.75, 3.05) is 25.5 Å². The predicted octanol–water partition coefficient (Wildman–Crippen LogP) is 1.27. The molecule has 104 valence electrons. The number of nitrogens with zero attached hydrogens (tertiary/aromatic N) is 3. The highest BCUT2D eigenvalue weighted by Crippen LogP contribution is 2.14. The molecule has 1 aliphatic heterocycles. The average Bonchev–Trinajstić information content (AvgIpc) is 2.46. The Hall–Kier alpha value is -1.56. The van der Waals surface area contributed by atoms with Gasteiger partial charge >= 0.3 is 12.0 Å². The molecule has 1 aliphatic rings. The summed E-state index contributed by atoms with van der Waals surface area (Å²) in [4.78, 5) is 21.6. The smallest absolute Gasteiger partial charge is 0.317 e. The van der Waals surface area contributed by atoms with Crippen molar-refractivity contribution in [3.63, 3.8) is 0 Å². The van der Waals surface area contributed by atoms with Gasteiger partial charge in [-0.05, 0) is 18.9 Å². The lowest BCUT2D eigenvalue weighted by Gasteiger charge is -2.32. The summed E-state index contributed by atoms with van der Waals surface area (Å²) < 4.78 is 5.67. The first-order valence-corrected chi connectivity index (χ1v) is 6.85. The van der Waals surface area contributed by atoms with Crippen LogP contribution in [0.2, 0.25) is 0 Å². The van der Waals surface area contributed by atoms with Crippen LogP contribution in [0.1, 0.15) is 12.8 Å². The molecule has 0 aliphatic carbocycles. The minimum absolute atomic E-state index is 0.0575. The first-order chi connectivity index (χ1) is 9.29. The van der Waals surface area contributed by atoms with E-state index in [1.165, 1.54) is 0 Å². The molecule has 0 aromatic carbocycles. The molecule has 0 bridgehead atoms. The molecule has 6 nitrogen and oxygen atoms in total. The van der Waals surface area contributed by atoms with Crippen LogP contribution in [0.25, 0.3) is 0 Å². The van der Waals surface area contributed by atoms with Crippen LogP contribution >= 0.6 is 11.6 Å². The zero-order valence-corrected chi connectivity index (χ0v) is 11.3. The van der Waals surface area contributed by atoms with E-state index in [-0.39, 0.29) is 12.1 Å². The third-order valence-electron chi connectivity index (χ3n) is 2.85. The number of likely N-dealkylation sites (tertiary alicyclic amines) is 1. The number of rotatable bonds is 4. The molecule has 2 heterocycles. The maximum atomic E-state index is 11.8. The van der Waals surface area contributed by atoms with E-state index in [9.17, 15) is 4.79 Å². The number of carbonyl (C=O) groups is 1. The standard InChI is InChI=1S/C12H17ClN4O2/c13-4-7-16-12(18)17-8-1-3-10(9-17)19-11-14-5-2-6-15-11/h2,5-6,10H,1,3-4,7-9H2,(H,16,18). The van der Waals surface area contributed by atoms with Crippen molar-refractivity contribution in [2.45, 2.75) is 18.9 Å². The van der Waals surface area contributed by atoms with Crippen molar-refractivity contribution < 1.29 is 9.53 Å². The highest BCUT2D eigenvalue weighted by atomic mass is 35.5. The normalized spacial score (nSPS) is 19.0. The van der Waals surface area contributed by atoms with Gasteiger partial charge in [0.25, 0.3) is 0 Å². The van der Waals surface area contributed by atoms with Crippen molar-refractivity contribution in [1.82, 2.24) is 20.2 Å². The number of halogens is 1. The lowest BCUT2D eigenvalue weighted by atomic mass is 10.1. The maximum Gasteiger partial charge on any atom is 0.317 e. The van der Waals surface area contributed by atoms with Crippen molar-refractivity contribution >= 4 is 17.6 Å². The topological polar surface area (TPSA) is 67.4 Å². The fraction of sp³-hybridized carbons (Fsp3) is 0.583. The summed E-state index contributed by atoms with van der Waals surface area (Å²) in [6.45, 7) is 1.76. The molecular formula is C12H17ClN4O2. The van der Waals surface area contributed by atoms with Crippen LogP contribution < -0.4 is 10.1 Å². The molecule has 7 heteroatoms. The lowest BCUT2D eigenvalue weighted by Crippen LogP contribution is -2.49. The molecule has 19 heavy (non-hydrogen) atoms. The van der Waals surface area contributed by atoms with E-state index in [2.05, 4.69) is 15.3 Å². The number of ether oxygens (including phenoxy) is 1. The van der Waals surface area contributed by atoms with Gasteiger partial charge in [0.2, 0.25) is 0 Å². The van der Waals surface area contributed by atoms with E-state index in [0.717, 1.165) is 19.4 Å². The van der Waals surface area contributed by atoms with E-state index >= 15 is 0 Å². The fourth-order valence-corrected chi connectivity index (χ4v) is 2.07. The Bertz CT molecular complexity index is 404. The SMILES string of the molecule is O=C(NCCCl)N1CCCC(Oc2ncccn2)C1. The van der Waals surface area contributed by atoms with Gasteiger partial charge in [-0.2, -0.15) is 0 Å². The number of nitrogens with one attached hydrogen (secondary N) is 1. The largest absolute Gasteiger partial charge is 0.458 e. The van der Waals surface area contributed by atoms with Gasteiger partial charge < -0.3 is 15.0 Å². The van der Waals surface area contributed by atoms with Gasteiger partial charge in [-0.3, -0.25) is 0 Å². The Morgan fingerprint density at radius 1 is 1.53 bits per heavy atom. The van der Waals surface area contributed by atoms with Gasteiger partial charge in [-0.15, -0.1) is 11.6 Å². The molecule has 1 aromatic heterocycles. The van der Waals surface area contributed by atoms with Gasteiger partial charge in [0, 0.05) is 31.4 Å². The summed E-state index contributed by atoms with van der Waals surface area (Å²) in [6, 6.07) is 2.00. The molecule has 1 N–H and O–H groups in total. The Labute approximate surface area is 117 Å². The third-order valence-corrected chi connectivity index (χ3v) is 3.04. The van der Waals surface area contributed by atoms with Gasteiger partial charge in [-0.1, -0.05) is 0 Å². The van der Waals surface area contributed by atoms with E-state index in [1.54, 1.807) is 23.4 Å². The molecule has 2 amide bonds. The third kappa shape index (κ3) is 4.24. The number of piperidine rings is 1. The second-order valence-electron chi connectivity index (χ2n) is 4.28. The molecular weight excluding hydrogens is 268 g/mol. The molecule has 0 radical (unpaired) electrons. The molecule has 1 fully saturated rings. The van der Waals surface area contributed by atoms with Crippen LogP contribution in [-0.2, 0) is 0 Å². The fourth-order valence-electron chi connectivity index (χ4n) is 1.98. The van der Waals surface area contributed by atoms with Crippen molar-refractivity contribution in [2.24, 2.45) is 0 Å². The number of urea groups is 1. The van der Waals surface area contributed by atoms with Crippen LogP contribution in [-0.4, -0.2) is 52.5 Å². The summed E-state index contributed by atoms with van der Waals surface area (Å²) >= 11 is 5.55. The monoisotopic (exact) mass is 284 g/mol. The van der Waals surface area contributed by atoms with Crippen LogP contribution in [0.15, 0.2) is 18.5 Å². The highest BCUT2D eigenvalue weighted by Gasteiger charge is 2.25. The lowest BCUT2D eigenvalue weighted by molar-refractivity contribution is 0.0941. The van der Waals surface area contributed by atoms with Crippen LogP contribution in [0, 0.1) is 0 Å². The summed E-state index contributed by atoms with van der Waals surface area (Å²) in [5.41, 5.74) is 0. The van der Waals surface area contributed by atoms with E-state index < -0.39 is 0 Å². The van der Waals surface area contributed by atoms with E-state index in [1.807, 2.05) is 0 Å². The van der Waals surface area contributed by atoms with Crippen molar-refractivity contribution in [1.29, 1.82) is 0 Å². The average molecular weight is 285 g/mol. The second kappa shape index (κ2) is 7.13. The Balaban J connectivity index is 1.85. The quantitative estimate of drug-likeness (QED) is 0.846. The van der Waals surface area contributed by atoms with Crippen molar-refractivity contribution in [3.05, 3.63) is 18.5 Å². The van der Waals surface area contributed by atoms with Crippen LogP contribution in [0.5, 0.6) is 6.01 Å². The highest BCUT2D eigenvalue weighted by molar-refractivity contribution is 6.18. The molecule has 2 rings (SSSR count). The van der Waals surface area contributed by atoms with Crippen LogP contribution in [0.4, 0.5) is 4.79 Å². The van der Waals surface area contributed by atoms with Gasteiger partial charge in [0.05, 0.1) is 6.54 Å². The maximum absolute atomic E-state index is 11.8. The molecule has 1 aromatic rings. The number of amides is 2. The first-order valence-electron chi connectivity index (χ1n) is 6.32. The summed E-state index contributed by atoms with van der Waals surface area (Å²) in [5, 5.41) is 2.75. The number of aromatic nitrogens is 2. The van der Waals surface area contributed by atoms with E-state index in [0.29, 0.717) is 25.0 Å². The van der Waals surface area contributed by atoms with Gasteiger partial charge in [0.15, 0.2) is 0 Å². The Kier molecular flexibility index (Phi) is 5.20. The molecule has 0 saturated carbocycles. The predicted molar refractivity (Wildman–Crippen MR) is 71.4 cm³/mol. The van der Waals surface area contributed by atoms with E-state index in [4.69, 9.17) is 16.3 Å². The zero-order chi connectivity index (χ0) is 13.5. The zero-order valence-electron chi connectivity index (χ0n) is 10.6. The number of carbonyl (C=O) groups excluding carboxylic acids is 1. The Morgan fingerprint density at radius 3 is 3.05 bits per heavy atom. The number of hydrogen-bond acceptors (Lipinski definition) is 4. The van der Waals surface area contributed by atoms with Crippen LogP contribution in [0.3, 0.4) is 0 Å². The number of hydrogen-bond donors (Lipinski definition) is 1. The summed E-state index contributed by atoms with van der Waals surface area (Å²) in [6.07, 6.45) is 5.02. The molecule has 1 atom stereocenters. The van der Waals surface area contributed by atoms with Gasteiger partial charge in [-0.25, -0.2) is 14.8 Å². The van der Waals surface area contributed by atoms with Crippen molar-refractivity contribution in [3.8, 4) is 6.01 Å². The summed E-state index contributed by atoms with van der Waals surface area (Å²) in [5.74, 6) is 0.414. The first kappa shape index (κ1) is 13.9. The minimum atomic E-state index is -0.0945. The molecule has 0 spiro atoms. The minimum Gasteiger partial charge on any atom is -0.458 e. The molecule has 1 saturated heterocycles. The Morgan fingerprint density at radius 2 is 2.32 bits per heavy atom. The number of alkyl halides is 1. The van der Waals surface area contributed by atoms with Gasteiger partial charge in [0.1, 0.15) is 6.10 Å². The second-order valence-corrected chi connectivity index (χ2v) is 4.66.